The van der Waals surface area contributed by atoms with Crippen LogP contribution in [0.3, 0.4) is 0 Å². The molecule has 1 aromatic carbocycles. The highest BCUT2D eigenvalue weighted by atomic mass is 35.5. The molecule has 3 amide bonds. The fourth-order valence-corrected chi connectivity index (χ4v) is 3.43. The van der Waals surface area contributed by atoms with E-state index in [1.807, 2.05) is 0 Å². The quantitative estimate of drug-likeness (QED) is 0.558. The lowest BCUT2D eigenvalue weighted by atomic mass is 10.2. The van der Waals surface area contributed by atoms with Gasteiger partial charge in [0.25, 0.3) is 5.91 Å². The molecular weight excluding hydrogens is 408 g/mol. The third kappa shape index (κ3) is 4.25. The maximum Gasteiger partial charge on any atom is 0.269 e. The van der Waals surface area contributed by atoms with Gasteiger partial charge in [0.05, 0.1) is 5.52 Å². The molecule has 9 nitrogen and oxygen atoms in total. The SMILES string of the molecule is NC(=O)c1nn(CC(=O)N(CC(=O)Nc2cccc(Cl)n2)C2CC2)c2ccccc12. The highest BCUT2D eigenvalue weighted by Crippen LogP contribution is 2.27. The molecule has 1 aliphatic carbocycles. The molecule has 10 heteroatoms. The number of halogens is 1. The van der Waals surface area contributed by atoms with Crippen LogP contribution in [-0.2, 0) is 16.1 Å². The topological polar surface area (TPSA) is 123 Å². The first-order valence-corrected chi connectivity index (χ1v) is 9.77. The summed E-state index contributed by atoms with van der Waals surface area (Å²) in [5.41, 5.74) is 6.15. The van der Waals surface area contributed by atoms with Gasteiger partial charge in [-0.1, -0.05) is 35.9 Å². The Labute approximate surface area is 176 Å². The normalized spacial score (nSPS) is 13.2. The summed E-state index contributed by atoms with van der Waals surface area (Å²) < 4.78 is 1.45. The van der Waals surface area contributed by atoms with E-state index in [1.165, 1.54) is 9.58 Å². The number of benzene rings is 1. The fourth-order valence-electron chi connectivity index (χ4n) is 3.27. The molecular formula is C20H19ClN6O3. The summed E-state index contributed by atoms with van der Waals surface area (Å²) >= 11 is 5.84. The molecule has 0 saturated heterocycles. The first-order valence-electron chi connectivity index (χ1n) is 9.39. The number of anilines is 1. The zero-order valence-corrected chi connectivity index (χ0v) is 16.7. The minimum absolute atomic E-state index is 0.00741. The minimum atomic E-state index is -0.662. The molecule has 0 unspecified atom stereocenters. The Morgan fingerprint density at radius 1 is 1.17 bits per heavy atom. The van der Waals surface area contributed by atoms with E-state index in [9.17, 15) is 14.4 Å². The molecule has 1 fully saturated rings. The maximum atomic E-state index is 13.0. The Balaban J connectivity index is 1.50. The first kappa shape index (κ1) is 19.8. The lowest BCUT2D eigenvalue weighted by Gasteiger charge is -2.22. The second-order valence-corrected chi connectivity index (χ2v) is 7.42. The van der Waals surface area contributed by atoms with Crippen LogP contribution in [0.25, 0.3) is 10.9 Å². The van der Waals surface area contributed by atoms with E-state index >= 15 is 0 Å². The summed E-state index contributed by atoms with van der Waals surface area (Å²) in [5.74, 6) is -0.978. The van der Waals surface area contributed by atoms with Gasteiger partial charge in [0, 0.05) is 11.4 Å². The number of hydrogen-bond acceptors (Lipinski definition) is 5. The predicted molar refractivity (Wildman–Crippen MR) is 111 cm³/mol. The number of primary amides is 1. The molecule has 154 valence electrons. The first-order chi connectivity index (χ1) is 14.4. The summed E-state index contributed by atoms with van der Waals surface area (Å²) in [6.07, 6.45) is 1.67. The number of hydrogen-bond donors (Lipinski definition) is 2. The Bertz CT molecular complexity index is 1140. The van der Waals surface area contributed by atoms with Gasteiger partial charge in [0.2, 0.25) is 11.8 Å². The third-order valence-electron chi connectivity index (χ3n) is 4.78. The van der Waals surface area contributed by atoms with Crippen molar-refractivity contribution in [3.8, 4) is 0 Å². The van der Waals surface area contributed by atoms with E-state index in [-0.39, 0.29) is 41.8 Å². The number of carbonyl (C=O) groups is 3. The van der Waals surface area contributed by atoms with Crippen molar-refractivity contribution >= 4 is 46.0 Å². The molecule has 0 radical (unpaired) electrons. The number of amides is 3. The van der Waals surface area contributed by atoms with E-state index < -0.39 is 5.91 Å². The third-order valence-corrected chi connectivity index (χ3v) is 4.99. The number of para-hydroxylation sites is 1. The zero-order chi connectivity index (χ0) is 21.3. The molecule has 2 heterocycles. The number of aromatic nitrogens is 3. The molecule has 4 rings (SSSR count). The number of fused-ring (bicyclic) bond motifs is 1. The van der Waals surface area contributed by atoms with E-state index in [4.69, 9.17) is 17.3 Å². The number of nitrogens with zero attached hydrogens (tertiary/aromatic N) is 4. The van der Waals surface area contributed by atoms with Crippen molar-refractivity contribution in [2.75, 3.05) is 11.9 Å². The Morgan fingerprint density at radius 2 is 1.93 bits per heavy atom. The molecule has 0 spiro atoms. The van der Waals surface area contributed by atoms with Gasteiger partial charge in [0.15, 0.2) is 5.69 Å². The van der Waals surface area contributed by atoms with Gasteiger partial charge >= 0.3 is 0 Å². The number of nitrogens with one attached hydrogen (secondary N) is 1. The van der Waals surface area contributed by atoms with Gasteiger partial charge in [-0.3, -0.25) is 19.1 Å². The van der Waals surface area contributed by atoms with Crippen LogP contribution in [0.15, 0.2) is 42.5 Å². The number of nitrogens with two attached hydrogens (primary N) is 1. The summed E-state index contributed by atoms with van der Waals surface area (Å²) in [4.78, 5) is 42.7. The fraction of sp³-hybridized carbons (Fsp3) is 0.250. The standard InChI is InChI=1S/C20H19ClN6O3/c21-15-6-3-7-16(23-15)24-17(28)10-26(12-8-9-12)18(29)11-27-14-5-2-1-4-13(14)19(25-27)20(22)30/h1-7,12H,8-11H2,(H2,22,30)(H,23,24,28). The zero-order valence-electron chi connectivity index (χ0n) is 15.9. The second-order valence-electron chi connectivity index (χ2n) is 7.03. The molecule has 0 bridgehead atoms. The Kier molecular flexibility index (Phi) is 5.37. The highest BCUT2D eigenvalue weighted by molar-refractivity contribution is 6.29. The van der Waals surface area contributed by atoms with Gasteiger partial charge in [-0.25, -0.2) is 4.98 Å². The van der Waals surface area contributed by atoms with E-state index in [0.717, 1.165) is 12.8 Å². The van der Waals surface area contributed by atoms with Gasteiger partial charge in [-0.15, -0.1) is 0 Å². The van der Waals surface area contributed by atoms with Crippen LogP contribution in [0.5, 0.6) is 0 Å². The van der Waals surface area contributed by atoms with Gasteiger partial charge in [-0.2, -0.15) is 5.10 Å². The van der Waals surface area contributed by atoms with Crippen LogP contribution in [-0.4, -0.2) is 50.0 Å². The smallest absolute Gasteiger partial charge is 0.269 e. The van der Waals surface area contributed by atoms with E-state index in [1.54, 1.807) is 42.5 Å². The van der Waals surface area contributed by atoms with Crippen LogP contribution >= 0.6 is 11.6 Å². The largest absolute Gasteiger partial charge is 0.364 e. The van der Waals surface area contributed by atoms with Crippen LogP contribution in [0.2, 0.25) is 5.15 Å². The molecule has 0 atom stereocenters. The second kappa shape index (κ2) is 8.11. The Hall–Kier alpha value is -3.46. The van der Waals surface area contributed by atoms with Crippen LogP contribution in [0.1, 0.15) is 23.3 Å². The van der Waals surface area contributed by atoms with Crippen LogP contribution in [0, 0.1) is 0 Å². The van der Waals surface area contributed by atoms with Crippen molar-refractivity contribution in [1.82, 2.24) is 19.7 Å². The van der Waals surface area contributed by atoms with Crippen molar-refractivity contribution in [1.29, 1.82) is 0 Å². The van der Waals surface area contributed by atoms with Crippen LogP contribution < -0.4 is 11.1 Å². The molecule has 1 saturated carbocycles. The van der Waals surface area contributed by atoms with Gasteiger partial charge < -0.3 is 16.0 Å². The number of carbonyl (C=O) groups excluding carboxylic acids is 3. The molecule has 3 aromatic rings. The average molecular weight is 427 g/mol. The average Bonchev–Trinajstić information content (AvgIpc) is 3.48. The molecule has 2 aromatic heterocycles. The van der Waals surface area contributed by atoms with E-state index in [2.05, 4.69) is 15.4 Å². The lowest BCUT2D eigenvalue weighted by molar-refractivity contribution is -0.135. The van der Waals surface area contributed by atoms with Crippen molar-refractivity contribution in [2.45, 2.75) is 25.4 Å². The number of rotatable bonds is 7. The van der Waals surface area contributed by atoms with Crippen LogP contribution in [0.4, 0.5) is 5.82 Å². The maximum absolute atomic E-state index is 13.0. The summed E-state index contributed by atoms with van der Waals surface area (Å²) in [6, 6.07) is 12.0. The monoisotopic (exact) mass is 426 g/mol. The van der Waals surface area contributed by atoms with Gasteiger partial charge in [-0.05, 0) is 31.0 Å². The summed E-state index contributed by atoms with van der Waals surface area (Å²) in [7, 11) is 0. The lowest BCUT2D eigenvalue weighted by Crippen LogP contribution is -2.41. The summed E-state index contributed by atoms with van der Waals surface area (Å²) in [5, 5.41) is 7.71. The number of pyridine rings is 1. The van der Waals surface area contributed by atoms with Crippen molar-refractivity contribution < 1.29 is 14.4 Å². The molecule has 30 heavy (non-hydrogen) atoms. The molecule has 0 aliphatic heterocycles. The Morgan fingerprint density at radius 3 is 2.63 bits per heavy atom. The minimum Gasteiger partial charge on any atom is -0.364 e. The highest BCUT2D eigenvalue weighted by Gasteiger charge is 2.34. The van der Waals surface area contributed by atoms with Gasteiger partial charge in [0.1, 0.15) is 24.1 Å². The summed E-state index contributed by atoms with van der Waals surface area (Å²) in [6.45, 7) is -0.216. The van der Waals surface area contributed by atoms with Crippen molar-refractivity contribution in [3.05, 3.63) is 53.3 Å². The predicted octanol–water partition coefficient (Wildman–Crippen LogP) is 1.81. The van der Waals surface area contributed by atoms with E-state index in [0.29, 0.717) is 16.7 Å². The molecule has 1 aliphatic rings. The van der Waals surface area contributed by atoms with Crippen molar-refractivity contribution in [2.24, 2.45) is 5.73 Å². The van der Waals surface area contributed by atoms with Crippen molar-refractivity contribution in [3.63, 3.8) is 0 Å². The molecule has 3 N–H and O–H groups in total.